The Morgan fingerprint density at radius 3 is 2.24 bits per heavy atom. The van der Waals surface area contributed by atoms with Crippen LogP contribution in [0.5, 0.6) is 0 Å². The smallest absolute Gasteiger partial charge is 0.289 e. The maximum atomic E-state index is 13.8. The number of halogens is 1. The highest BCUT2D eigenvalue weighted by molar-refractivity contribution is 7.91. The van der Waals surface area contributed by atoms with E-state index in [0.717, 1.165) is 0 Å². The Labute approximate surface area is 241 Å². The van der Waals surface area contributed by atoms with Gasteiger partial charge < -0.3 is 19.1 Å². The molecule has 0 unspecified atom stereocenters. The van der Waals surface area contributed by atoms with Crippen LogP contribution in [-0.2, 0) is 16.4 Å². The van der Waals surface area contributed by atoms with Gasteiger partial charge in [0.15, 0.2) is 5.76 Å². The summed E-state index contributed by atoms with van der Waals surface area (Å²) in [5.74, 6) is -0.834. The minimum Gasteiger partial charge on any atom is -0.459 e. The average molecular weight is 590 g/mol. The van der Waals surface area contributed by atoms with Gasteiger partial charge in [0.1, 0.15) is 0 Å². The van der Waals surface area contributed by atoms with Gasteiger partial charge in [-0.2, -0.15) is 0 Å². The van der Waals surface area contributed by atoms with E-state index in [9.17, 15) is 22.8 Å². The quantitative estimate of drug-likeness (QED) is 0.346. The second kappa shape index (κ2) is 10.5. The number of hydrogen-bond donors (Lipinski definition) is 0. The molecular formula is C30H24ClN3O6S. The molecule has 1 aromatic heterocycles. The summed E-state index contributed by atoms with van der Waals surface area (Å²) in [6.07, 6.45) is 1.43. The number of nitrogens with zero attached hydrogens (tertiary/aromatic N) is 3. The van der Waals surface area contributed by atoms with Crippen LogP contribution in [0.25, 0.3) is 0 Å². The summed E-state index contributed by atoms with van der Waals surface area (Å²) in [4.78, 5) is 44.5. The first-order chi connectivity index (χ1) is 19.7. The fourth-order valence-corrected chi connectivity index (χ4v) is 7.01. The zero-order valence-corrected chi connectivity index (χ0v) is 23.3. The number of rotatable bonds is 4. The van der Waals surface area contributed by atoms with Crippen molar-refractivity contribution in [2.45, 2.75) is 16.3 Å². The van der Waals surface area contributed by atoms with Gasteiger partial charge in [0.25, 0.3) is 17.7 Å². The molecule has 3 heterocycles. The van der Waals surface area contributed by atoms with Gasteiger partial charge in [0, 0.05) is 36.8 Å². The Hall–Kier alpha value is -4.41. The van der Waals surface area contributed by atoms with E-state index in [-0.39, 0.29) is 63.8 Å². The molecule has 3 amide bonds. The molecule has 1 fully saturated rings. The van der Waals surface area contributed by atoms with Gasteiger partial charge >= 0.3 is 0 Å². The number of amides is 3. The third kappa shape index (κ3) is 4.89. The van der Waals surface area contributed by atoms with Crippen LogP contribution in [0.3, 0.4) is 0 Å². The Kier molecular flexibility index (Phi) is 6.88. The van der Waals surface area contributed by atoms with Crippen LogP contribution >= 0.6 is 11.6 Å². The van der Waals surface area contributed by atoms with Crippen molar-refractivity contribution in [2.75, 3.05) is 31.1 Å². The summed E-state index contributed by atoms with van der Waals surface area (Å²) in [6.45, 7) is 1.26. The van der Waals surface area contributed by atoms with Gasteiger partial charge in [0.05, 0.1) is 33.8 Å². The summed E-state index contributed by atoms with van der Waals surface area (Å²) < 4.78 is 32.7. The number of benzene rings is 3. The van der Waals surface area contributed by atoms with Crippen molar-refractivity contribution in [3.8, 4) is 0 Å². The first-order valence-corrected chi connectivity index (χ1v) is 14.8. The number of fused-ring (bicyclic) bond motifs is 2. The highest BCUT2D eigenvalue weighted by Crippen LogP contribution is 2.38. The lowest BCUT2D eigenvalue weighted by atomic mass is 10.1. The largest absolute Gasteiger partial charge is 0.459 e. The zero-order valence-electron chi connectivity index (χ0n) is 21.7. The van der Waals surface area contributed by atoms with E-state index in [1.807, 2.05) is 0 Å². The second-order valence-electron chi connectivity index (χ2n) is 9.77. The predicted octanol–water partition coefficient (Wildman–Crippen LogP) is 4.52. The van der Waals surface area contributed by atoms with Crippen molar-refractivity contribution in [3.05, 3.63) is 113 Å². The van der Waals surface area contributed by atoms with Crippen molar-refractivity contribution in [3.63, 3.8) is 0 Å². The van der Waals surface area contributed by atoms with Crippen molar-refractivity contribution < 1.29 is 27.2 Å². The lowest BCUT2D eigenvalue weighted by Gasteiger charge is -2.34. The molecule has 0 N–H and O–H groups in total. The van der Waals surface area contributed by atoms with E-state index < -0.39 is 15.7 Å². The molecule has 2 aliphatic heterocycles. The third-order valence-corrected chi connectivity index (χ3v) is 9.35. The normalized spacial score (nSPS) is 16.1. The van der Waals surface area contributed by atoms with Crippen molar-refractivity contribution in [1.29, 1.82) is 0 Å². The number of anilines is 1. The summed E-state index contributed by atoms with van der Waals surface area (Å²) in [5, 5.41) is 0.478. The lowest BCUT2D eigenvalue weighted by molar-refractivity contribution is 0.0518. The zero-order chi connectivity index (χ0) is 28.7. The number of carbonyl (C=O) groups is 3. The lowest BCUT2D eigenvalue weighted by Crippen LogP contribution is -2.50. The summed E-state index contributed by atoms with van der Waals surface area (Å²) in [7, 11) is -4.08. The van der Waals surface area contributed by atoms with E-state index >= 15 is 0 Å². The van der Waals surface area contributed by atoms with Gasteiger partial charge in [-0.3, -0.25) is 14.4 Å². The summed E-state index contributed by atoms with van der Waals surface area (Å²) in [5.41, 5.74) is 1.10. The minimum atomic E-state index is -4.08. The molecule has 0 aliphatic carbocycles. The van der Waals surface area contributed by atoms with Gasteiger partial charge in [-0.05, 0) is 60.2 Å². The molecule has 0 bridgehead atoms. The molecular weight excluding hydrogens is 566 g/mol. The fourth-order valence-electron chi connectivity index (χ4n) is 5.17. The first-order valence-electron chi connectivity index (χ1n) is 12.9. The Bertz CT molecular complexity index is 1780. The Morgan fingerprint density at radius 2 is 1.54 bits per heavy atom. The molecule has 208 valence electrons. The molecule has 11 heteroatoms. The number of furan rings is 1. The third-order valence-electron chi connectivity index (χ3n) is 7.25. The van der Waals surface area contributed by atoms with Crippen LogP contribution in [0.15, 0.2) is 99.3 Å². The summed E-state index contributed by atoms with van der Waals surface area (Å²) in [6, 6.07) is 20.6. The van der Waals surface area contributed by atoms with E-state index in [1.165, 1.54) is 41.5 Å². The Morgan fingerprint density at radius 1 is 0.805 bits per heavy atom. The predicted molar refractivity (Wildman–Crippen MR) is 151 cm³/mol. The minimum absolute atomic E-state index is 0.0431. The molecule has 0 spiro atoms. The van der Waals surface area contributed by atoms with E-state index in [0.29, 0.717) is 23.7 Å². The Balaban J connectivity index is 1.34. The van der Waals surface area contributed by atoms with Crippen LogP contribution < -0.4 is 4.90 Å². The first kappa shape index (κ1) is 26.8. The summed E-state index contributed by atoms with van der Waals surface area (Å²) >= 11 is 6.19. The molecule has 0 saturated carbocycles. The molecule has 2 aliphatic rings. The molecule has 0 radical (unpaired) electrons. The SMILES string of the molecule is O=C(c1ccc2c(c1)N(Cc1cccc(Cl)c1)C(=O)c1ccccc1S2(=O)=O)N1CCN(C(=O)c2ccco2)CC1. The number of sulfone groups is 1. The number of hydrogen-bond acceptors (Lipinski definition) is 6. The molecule has 6 rings (SSSR count). The average Bonchev–Trinajstić information content (AvgIpc) is 3.52. The van der Waals surface area contributed by atoms with E-state index in [1.54, 1.807) is 58.3 Å². The van der Waals surface area contributed by atoms with E-state index in [4.69, 9.17) is 16.0 Å². The molecule has 41 heavy (non-hydrogen) atoms. The van der Waals surface area contributed by atoms with Crippen molar-refractivity contribution in [1.82, 2.24) is 9.80 Å². The van der Waals surface area contributed by atoms with Crippen molar-refractivity contribution in [2.24, 2.45) is 0 Å². The molecule has 4 aromatic rings. The van der Waals surface area contributed by atoms with Crippen LogP contribution in [0.1, 0.15) is 36.8 Å². The molecule has 9 nitrogen and oxygen atoms in total. The maximum Gasteiger partial charge on any atom is 0.289 e. The standard InChI is InChI=1S/C30H24ClN3O6S/c31-22-6-3-5-20(17-22)19-34-24-18-21(10-11-27(24)41(38,39)26-9-2-1-7-23(26)29(34)36)28(35)32-12-14-33(15-13-32)30(37)25-8-4-16-40-25/h1-11,16-18H,12-15,19H2. The molecule has 0 atom stereocenters. The van der Waals surface area contributed by atoms with Gasteiger partial charge in [-0.1, -0.05) is 35.9 Å². The highest BCUT2D eigenvalue weighted by atomic mass is 35.5. The van der Waals surface area contributed by atoms with E-state index in [2.05, 4.69) is 0 Å². The molecule has 3 aromatic carbocycles. The fraction of sp³-hybridized carbons (Fsp3) is 0.167. The second-order valence-corrected chi connectivity index (χ2v) is 12.1. The topological polar surface area (TPSA) is 108 Å². The van der Waals surface area contributed by atoms with Crippen molar-refractivity contribution >= 4 is 44.8 Å². The van der Waals surface area contributed by atoms with Gasteiger partial charge in [-0.15, -0.1) is 0 Å². The van der Waals surface area contributed by atoms with Crippen LogP contribution in [0.4, 0.5) is 5.69 Å². The van der Waals surface area contributed by atoms with Gasteiger partial charge in [-0.25, -0.2) is 8.42 Å². The van der Waals surface area contributed by atoms with Crippen LogP contribution in [0, 0.1) is 0 Å². The van der Waals surface area contributed by atoms with Crippen LogP contribution in [0.2, 0.25) is 5.02 Å². The number of carbonyl (C=O) groups excluding carboxylic acids is 3. The highest BCUT2D eigenvalue weighted by Gasteiger charge is 2.36. The monoisotopic (exact) mass is 589 g/mol. The van der Waals surface area contributed by atoms with Gasteiger partial charge in [0.2, 0.25) is 9.84 Å². The van der Waals surface area contributed by atoms with Crippen LogP contribution in [-0.4, -0.2) is 62.1 Å². The molecule has 1 saturated heterocycles. The maximum absolute atomic E-state index is 13.8. The number of piperazine rings is 1.